The van der Waals surface area contributed by atoms with Gasteiger partial charge in [0.05, 0.1) is 33.5 Å². The van der Waals surface area contributed by atoms with Gasteiger partial charge < -0.3 is 10.2 Å². The molecule has 1 atom stereocenters. The first kappa shape index (κ1) is 27.1. The lowest BCUT2D eigenvalue weighted by Crippen LogP contribution is -2.27. The summed E-state index contributed by atoms with van der Waals surface area (Å²) in [4.78, 5) is 16.4. The average Bonchev–Trinajstić information content (AvgIpc) is 3.40. The number of benzene rings is 2. The molecule has 1 unspecified atom stereocenters. The molecule has 3 heterocycles. The number of nitrogens with one attached hydrogen (secondary N) is 1. The van der Waals surface area contributed by atoms with Crippen molar-refractivity contribution in [3.05, 3.63) is 89.0 Å². The van der Waals surface area contributed by atoms with Crippen LogP contribution in [0.2, 0.25) is 0 Å². The fourth-order valence-corrected chi connectivity index (χ4v) is 6.64. The van der Waals surface area contributed by atoms with Crippen molar-refractivity contribution in [3.63, 3.8) is 0 Å². The van der Waals surface area contributed by atoms with Crippen molar-refractivity contribution in [2.45, 2.75) is 16.3 Å². The standard InChI is InChI=1S/C27H27N5O4S3/c1-38(33,34)14-12-28-17-27-31-26(19-37-27)32-13-11-20-15-29-16-25(24(20)18-32)30-21-7-9-23(10-8-21)39(35,36)22-5-3-2-4-6-22/h2-11,13,15,18-20,28H,12,14,16-17H2,1H3. The van der Waals surface area contributed by atoms with Crippen molar-refractivity contribution in [3.8, 4) is 0 Å². The van der Waals surface area contributed by atoms with Gasteiger partial charge in [-0.25, -0.2) is 21.8 Å². The van der Waals surface area contributed by atoms with Gasteiger partial charge in [-0.15, -0.1) is 11.3 Å². The molecule has 39 heavy (non-hydrogen) atoms. The van der Waals surface area contributed by atoms with Crippen LogP contribution in [0.3, 0.4) is 0 Å². The quantitative estimate of drug-likeness (QED) is 0.382. The number of hydrogen-bond acceptors (Lipinski definition) is 10. The largest absolute Gasteiger partial charge is 0.309 e. The minimum absolute atomic E-state index is 0.0118. The van der Waals surface area contributed by atoms with Crippen LogP contribution in [0.25, 0.3) is 0 Å². The molecule has 1 aromatic heterocycles. The molecule has 0 saturated heterocycles. The first-order valence-corrected chi connectivity index (χ1v) is 16.6. The maximum atomic E-state index is 12.9. The molecule has 202 valence electrons. The Morgan fingerprint density at radius 2 is 1.79 bits per heavy atom. The van der Waals surface area contributed by atoms with E-state index in [0.29, 0.717) is 25.3 Å². The number of sulfone groups is 2. The fraction of sp³-hybridized carbons (Fsp3) is 0.222. The zero-order chi connectivity index (χ0) is 27.5. The molecule has 0 bridgehead atoms. The molecule has 2 aromatic carbocycles. The van der Waals surface area contributed by atoms with Gasteiger partial charge >= 0.3 is 0 Å². The Balaban J connectivity index is 1.32. The molecule has 9 nitrogen and oxygen atoms in total. The third kappa shape index (κ3) is 6.59. The number of thiazole rings is 1. The van der Waals surface area contributed by atoms with Crippen molar-refractivity contribution in [2.24, 2.45) is 15.9 Å². The number of aromatic nitrogens is 1. The van der Waals surface area contributed by atoms with Gasteiger partial charge in [-0.3, -0.25) is 9.98 Å². The first-order chi connectivity index (χ1) is 18.7. The fourth-order valence-electron chi connectivity index (χ4n) is 4.10. The molecule has 0 saturated carbocycles. The third-order valence-electron chi connectivity index (χ3n) is 6.13. The van der Waals surface area contributed by atoms with Gasteiger partial charge in [-0.1, -0.05) is 24.3 Å². The molecule has 0 fully saturated rings. The Hall–Kier alpha value is -3.45. The minimum atomic E-state index is -3.59. The molecule has 5 rings (SSSR count). The lowest BCUT2D eigenvalue weighted by molar-refractivity contribution is 0.594. The van der Waals surface area contributed by atoms with Crippen LogP contribution in [-0.4, -0.2) is 58.8 Å². The van der Waals surface area contributed by atoms with E-state index in [1.165, 1.54) is 17.6 Å². The average molecular weight is 582 g/mol. The SMILES string of the molecule is CS(=O)(=O)CCNCc1nc(N2C=CC3C=NCC(=Nc4ccc(S(=O)(=O)c5ccccc5)cc4)C3=C2)cs1. The number of aliphatic imine (C=N–C) groups is 2. The Kier molecular flexibility index (Phi) is 7.89. The summed E-state index contributed by atoms with van der Waals surface area (Å²) in [6.07, 6.45) is 9.10. The van der Waals surface area contributed by atoms with E-state index in [2.05, 4.69) is 15.3 Å². The summed E-state index contributed by atoms with van der Waals surface area (Å²) in [5.74, 6) is 0.838. The van der Waals surface area contributed by atoms with Crippen molar-refractivity contribution in [1.29, 1.82) is 0 Å². The molecular weight excluding hydrogens is 555 g/mol. The molecule has 2 aliphatic heterocycles. The van der Waals surface area contributed by atoms with Crippen LogP contribution in [0.5, 0.6) is 0 Å². The zero-order valence-corrected chi connectivity index (χ0v) is 23.6. The topological polar surface area (TPSA) is 121 Å². The van der Waals surface area contributed by atoms with Crippen LogP contribution < -0.4 is 10.2 Å². The number of nitrogens with zero attached hydrogens (tertiary/aromatic N) is 4. The predicted octanol–water partition coefficient (Wildman–Crippen LogP) is 3.80. The van der Waals surface area contributed by atoms with E-state index >= 15 is 0 Å². The smallest absolute Gasteiger partial charge is 0.206 e. The van der Waals surface area contributed by atoms with Gasteiger partial charge in [0, 0.05) is 54.8 Å². The monoisotopic (exact) mass is 581 g/mol. The number of fused-ring (bicyclic) bond motifs is 1. The maximum Gasteiger partial charge on any atom is 0.206 e. The van der Waals surface area contributed by atoms with Crippen molar-refractivity contribution >= 4 is 54.4 Å². The summed E-state index contributed by atoms with van der Waals surface area (Å²) in [5, 5.41) is 5.93. The van der Waals surface area contributed by atoms with Gasteiger partial charge in [0.15, 0.2) is 0 Å². The molecule has 0 spiro atoms. The Morgan fingerprint density at radius 1 is 1.05 bits per heavy atom. The molecule has 0 amide bonds. The zero-order valence-electron chi connectivity index (χ0n) is 21.1. The van der Waals surface area contributed by atoms with Crippen LogP contribution in [0.4, 0.5) is 11.5 Å². The van der Waals surface area contributed by atoms with Gasteiger partial charge in [-0.2, -0.15) is 0 Å². The van der Waals surface area contributed by atoms with Gasteiger partial charge in [0.2, 0.25) is 9.84 Å². The highest BCUT2D eigenvalue weighted by molar-refractivity contribution is 7.91. The van der Waals surface area contributed by atoms with Crippen molar-refractivity contribution in [2.75, 3.05) is 30.0 Å². The highest BCUT2D eigenvalue weighted by Crippen LogP contribution is 2.29. The van der Waals surface area contributed by atoms with Gasteiger partial charge in [-0.05, 0) is 36.4 Å². The van der Waals surface area contributed by atoms with Crippen LogP contribution in [0.15, 0.2) is 104 Å². The summed E-state index contributed by atoms with van der Waals surface area (Å²) >= 11 is 1.50. The molecule has 0 aliphatic carbocycles. The number of allylic oxidation sites excluding steroid dienone is 1. The first-order valence-electron chi connectivity index (χ1n) is 12.2. The molecule has 0 radical (unpaired) electrons. The van der Waals surface area contributed by atoms with E-state index in [0.717, 1.165) is 22.1 Å². The summed E-state index contributed by atoms with van der Waals surface area (Å²) in [6, 6.07) is 14.9. The molecule has 2 aliphatic rings. The van der Waals surface area contributed by atoms with Crippen LogP contribution >= 0.6 is 11.3 Å². The molecule has 12 heteroatoms. The maximum absolute atomic E-state index is 12.9. The highest BCUT2D eigenvalue weighted by atomic mass is 32.2. The van der Waals surface area contributed by atoms with Crippen molar-refractivity contribution in [1.82, 2.24) is 10.3 Å². The summed E-state index contributed by atoms with van der Waals surface area (Å²) in [7, 11) is -6.60. The van der Waals surface area contributed by atoms with Gasteiger partial charge in [0.25, 0.3) is 0 Å². The molecular formula is C27H27N5O4S3. The Bertz CT molecular complexity index is 1670. The van der Waals surface area contributed by atoms with E-state index in [-0.39, 0.29) is 21.5 Å². The molecule has 3 aromatic rings. The predicted molar refractivity (Wildman–Crippen MR) is 156 cm³/mol. The summed E-state index contributed by atoms with van der Waals surface area (Å²) < 4.78 is 48.4. The minimum Gasteiger partial charge on any atom is -0.309 e. The number of rotatable bonds is 9. The highest BCUT2D eigenvalue weighted by Gasteiger charge is 2.24. The number of anilines is 1. The second-order valence-electron chi connectivity index (χ2n) is 9.12. The van der Waals surface area contributed by atoms with E-state index in [4.69, 9.17) is 4.99 Å². The lowest BCUT2D eigenvalue weighted by atomic mass is 9.92. The lowest BCUT2D eigenvalue weighted by Gasteiger charge is -2.26. The second-order valence-corrected chi connectivity index (χ2v) is 14.3. The Morgan fingerprint density at radius 3 is 2.54 bits per heavy atom. The van der Waals surface area contributed by atoms with Gasteiger partial charge in [0.1, 0.15) is 20.7 Å². The van der Waals surface area contributed by atoms with E-state index in [1.807, 2.05) is 35.0 Å². The van der Waals surface area contributed by atoms with Crippen LogP contribution in [0.1, 0.15) is 5.01 Å². The van der Waals surface area contributed by atoms with E-state index < -0.39 is 19.7 Å². The van der Waals surface area contributed by atoms with Crippen LogP contribution in [0, 0.1) is 5.92 Å². The van der Waals surface area contributed by atoms with E-state index in [1.54, 1.807) is 54.6 Å². The summed E-state index contributed by atoms with van der Waals surface area (Å²) in [5.41, 5.74) is 2.44. The third-order valence-corrected chi connectivity index (χ3v) is 9.69. The number of hydrogen-bond donors (Lipinski definition) is 1. The molecule has 1 N–H and O–H groups in total. The summed E-state index contributed by atoms with van der Waals surface area (Å²) in [6.45, 7) is 1.29. The normalized spacial score (nSPS) is 18.3. The van der Waals surface area contributed by atoms with Crippen LogP contribution in [-0.2, 0) is 26.2 Å². The Labute approximate surface area is 232 Å². The second kappa shape index (κ2) is 11.3. The van der Waals surface area contributed by atoms with E-state index in [9.17, 15) is 16.8 Å². The van der Waals surface area contributed by atoms with Crippen molar-refractivity contribution < 1.29 is 16.8 Å².